The Morgan fingerprint density at radius 3 is 2.76 bits per heavy atom. The second-order valence-corrected chi connectivity index (χ2v) is 5.01. The molecular formula is C16H13F2NO2. The molecule has 2 aromatic carbocycles. The van der Waals surface area contributed by atoms with Gasteiger partial charge in [-0.15, -0.1) is 0 Å². The van der Waals surface area contributed by atoms with E-state index in [9.17, 15) is 18.7 Å². The fourth-order valence-electron chi connectivity index (χ4n) is 2.48. The van der Waals surface area contributed by atoms with Crippen LogP contribution in [0.4, 0.5) is 14.5 Å². The number of nitrogens with one attached hydrogen (secondary N) is 1. The Labute approximate surface area is 120 Å². The van der Waals surface area contributed by atoms with E-state index in [0.29, 0.717) is 24.1 Å². The molecule has 1 aliphatic rings. The van der Waals surface area contributed by atoms with Crippen molar-refractivity contribution in [1.82, 2.24) is 0 Å². The molecule has 0 saturated heterocycles. The molecule has 0 saturated carbocycles. The van der Waals surface area contributed by atoms with Crippen LogP contribution < -0.4 is 5.32 Å². The van der Waals surface area contributed by atoms with Crippen LogP contribution in [-0.4, -0.2) is 11.0 Å². The number of benzene rings is 2. The minimum atomic E-state index is -1.25. The Bertz CT molecular complexity index is 715. The van der Waals surface area contributed by atoms with Crippen molar-refractivity contribution in [3.05, 3.63) is 64.7 Å². The molecule has 21 heavy (non-hydrogen) atoms. The van der Waals surface area contributed by atoms with Gasteiger partial charge in [-0.2, -0.15) is 0 Å². The van der Waals surface area contributed by atoms with Crippen LogP contribution in [0.25, 0.3) is 0 Å². The number of rotatable bonds is 2. The molecule has 0 spiro atoms. The van der Waals surface area contributed by atoms with Gasteiger partial charge in [0.05, 0.1) is 0 Å². The van der Waals surface area contributed by atoms with Crippen LogP contribution in [0, 0.1) is 11.6 Å². The molecule has 1 aliphatic heterocycles. The summed E-state index contributed by atoms with van der Waals surface area (Å²) < 4.78 is 27.0. The van der Waals surface area contributed by atoms with Gasteiger partial charge in [-0.05, 0) is 29.7 Å². The van der Waals surface area contributed by atoms with Crippen LogP contribution in [0.5, 0.6) is 0 Å². The topological polar surface area (TPSA) is 49.3 Å². The molecule has 3 nitrogen and oxygen atoms in total. The largest absolute Gasteiger partial charge is 0.384 e. The number of aliphatic hydroxyl groups excluding tert-OH is 1. The van der Waals surface area contributed by atoms with Gasteiger partial charge in [-0.3, -0.25) is 4.79 Å². The summed E-state index contributed by atoms with van der Waals surface area (Å²) in [5, 5.41) is 13.0. The Balaban J connectivity index is 1.97. The molecule has 0 aromatic heterocycles. The van der Waals surface area contributed by atoms with Gasteiger partial charge in [-0.1, -0.05) is 24.3 Å². The van der Waals surface area contributed by atoms with Crippen LogP contribution in [-0.2, 0) is 11.2 Å². The first-order valence-electron chi connectivity index (χ1n) is 6.61. The fourth-order valence-corrected chi connectivity index (χ4v) is 2.48. The van der Waals surface area contributed by atoms with Gasteiger partial charge in [0.1, 0.15) is 6.10 Å². The first-order chi connectivity index (χ1) is 10.1. The molecule has 5 heteroatoms. The van der Waals surface area contributed by atoms with Gasteiger partial charge < -0.3 is 10.4 Å². The number of hydrogen-bond acceptors (Lipinski definition) is 2. The molecule has 1 amide bonds. The average Bonchev–Trinajstić information content (AvgIpc) is 2.49. The zero-order valence-electron chi connectivity index (χ0n) is 11.1. The van der Waals surface area contributed by atoms with E-state index in [2.05, 4.69) is 5.32 Å². The maximum atomic E-state index is 13.7. The summed E-state index contributed by atoms with van der Waals surface area (Å²) >= 11 is 0. The van der Waals surface area contributed by atoms with Crippen molar-refractivity contribution in [2.75, 3.05) is 5.32 Å². The monoisotopic (exact) mass is 289 g/mol. The summed E-state index contributed by atoms with van der Waals surface area (Å²) in [6.07, 6.45) is -0.308. The van der Waals surface area contributed by atoms with Gasteiger partial charge >= 0.3 is 0 Å². The lowest BCUT2D eigenvalue weighted by Crippen LogP contribution is -2.19. The molecule has 3 rings (SSSR count). The number of amides is 1. The lowest BCUT2D eigenvalue weighted by molar-refractivity contribution is -0.116. The van der Waals surface area contributed by atoms with E-state index >= 15 is 0 Å². The van der Waals surface area contributed by atoms with E-state index in [4.69, 9.17) is 0 Å². The van der Waals surface area contributed by atoms with Crippen LogP contribution >= 0.6 is 0 Å². The van der Waals surface area contributed by atoms with Crippen molar-refractivity contribution in [1.29, 1.82) is 0 Å². The van der Waals surface area contributed by atoms with Crippen molar-refractivity contribution in [3.8, 4) is 0 Å². The normalized spacial score (nSPS) is 15.3. The highest BCUT2D eigenvalue weighted by Gasteiger charge is 2.20. The lowest BCUT2D eigenvalue weighted by Gasteiger charge is -2.19. The lowest BCUT2D eigenvalue weighted by atomic mass is 9.95. The molecule has 0 radical (unpaired) electrons. The van der Waals surface area contributed by atoms with E-state index in [1.165, 1.54) is 12.1 Å². The molecule has 0 bridgehead atoms. The van der Waals surface area contributed by atoms with Crippen molar-refractivity contribution < 1.29 is 18.7 Å². The standard InChI is InChI=1S/C16H13F2NO2/c17-12-3-1-2-11(15(12)18)16(21)10-4-6-13-9(8-10)5-7-14(20)19-13/h1-4,6,8,16,21H,5,7H2,(H,19,20). The Morgan fingerprint density at radius 2 is 1.95 bits per heavy atom. The van der Waals surface area contributed by atoms with E-state index in [-0.39, 0.29) is 11.5 Å². The summed E-state index contributed by atoms with van der Waals surface area (Å²) in [6.45, 7) is 0. The van der Waals surface area contributed by atoms with Crippen LogP contribution in [0.1, 0.15) is 29.2 Å². The fraction of sp³-hybridized carbons (Fsp3) is 0.188. The van der Waals surface area contributed by atoms with Crippen LogP contribution in [0.3, 0.4) is 0 Å². The third-order valence-corrected chi connectivity index (χ3v) is 3.62. The molecule has 1 unspecified atom stereocenters. The molecule has 108 valence electrons. The van der Waals surface area contributed by atoms with E-state index in [1.807, 2.05) is 0 Å². The SMILES string of the molecule is O=C1CCc2cc(C(O)c3cccc(F)c3F)ccc2N1. The summed E-state index contributed by atoms with van der Waals surface area (Å²) in [5.41, 5.74) is 1.94. The predicted molar refractivity (Wildman–Crippen MR) is 73.8 cm³/mol. The quantitative estimate of drug-likeness (QED) is 0.893. The van der Waals surface area contributed by atoms with Gasteiger partial charge in [0.25, 0.3) is 0 Å². The number of carbonyl (C=O) groups is 1. The van der Waals surface area contributed by atoms with E-state index in [1.54, 1.807) is 18.2 Å². The molecule has 2 aromatic rings. The first kappa shape index (κ1) is 13.7. The van der Waals surface area contributed by atoms with Gasteiger partial charge in [0, 0.05) is 17.7 Å². The third-order valence-electron chi connectivity index (χ3n) is 3.62. The second-order valence-electron chi connectivity index (χ2n) is 5.01. The summed E-state index contributed by atoms with van der Waals surface area (Å²) in [7, 11) is 0. The van der Waals surface area contributed by atoms with E-state index in [0.717, 1.165) is 11.6 Å². The molecule has 0 aliphatic carbocycles. The molecule has 1 atom stereocenters. The van der Waals surface area contributed by atoms with Crippen molar-refractivity contribution in [3.63, 3.8) is 0 Å². The van der Waals surface area contributed by atoms with Crippen molar-refractivity contribution >= 4 is 11.6 Å². The number of anilines is 1. The predicted octanol–water partition coefficient (Wildman–Crippen LogP) is 2.93. The number of carbonyl (C=O) groups excluding carboxylic acids is 1. The third kappa shape index (κ3) is 2.52. The van der Waals surface area contributed by atoms with Crippen LogP contribution in [0.15, 0.2) is 36.4 Å². The van der Waals surface area contributed by atoms with Crippen molar-refractivity contribution in [2.45, 2.75) is 18.9 Å². The minimum Gasteiger partial charge on any atom is -0.384 e. The molecule has 2 N–H and O–H groups in total. The number of aryl methyl sites for hydroxylation is 1. The van der Waals surface area contributed by atoms with Gasteiger partial charge in [0.15, 0.2) is 11.6 Å². The summed E-state index contributed by atoms with van der Waals surface area (Å²) in [4.78, 5) is 11.3. The van der Waals surface area contributed by atoms with Crippen LogP contribution in [0.2, 0.25) is 0 Å². The zero-order chi connectivity index (χ0) is 15.0. The number of halogens is 2. The average molecular weight is 289 g/mol. The number of hydrogen-bond donors (Lipinski definition) is 2. The second kappa shape index (κ2) is 5.26. The summed E-state index contributed by atoms with van der Waals surface area (Å²) in [5.74, 6) is -2.08. The van der Waals surface area contributed by atoms with Crippen molar-refractivity contribution in [2.24, 2.45) is 0 Å². The smallest absolute Gasteiger partial charge is 0.224 e. The highest BCUT2D eigenvalue weighted by Crippen LogP contribution is 2.30. The van der Waals surface area contributed by atoms with Gasteiger partial charge in [0.2, 0.25) is 5.91 Å². The highest BCUT2D eigenvalue weighted by molar-refractivity contribution is 5.93. The Kier molecular flexibility index (Phi) is 3.43. The summed E-state index contributed by atoms with van der Waals surface area (Å²) in [6, 6.07) is 8.69. The molecule has 1 heterocycles. The Hall–Kier alpha value is -2.27. The number of fused-ring (bicyclic) bond motifs is 1. The molecule has 0 fully saturated rings. The first-order valence-corrected chi connectivity index (χ1v) is 6.61. The number of aliphatic hydroxyl groups is 1. The minimum absolute atomic E-state index is 0.0491. The maximum absolute atomic E-state index is 13.7. The highest BCUT2D eigenvalue weighted by atomic mass is 19.2. The van der Waals surface area contributed by atoms with Gasteiger partial charge in [-0.25, -0.2) is 8.78 Å². The van der Waals surface area contributed by atoms with E-state index < -0.39 is 17.7 Å². The maximum Gasteiger partial charge on any atom is 0.224 e. The molecular weight excluding hydrogens is 276 g/mol. The zero-order valence-corrected chi connectivity index (χ0v) is 11.1. The Morgan fingerprint density at radius 1 is 1.14 bits per heavy atom.